The third-order valence-corrected chi connectivity index (χ3v) is 6.34. The zero-order valence-corrected chi connectivity index (χ0v) is 20.6. The molecular weight excluding hydrogens is 488 g/mol. The SMILES string of the molecule is CC(NC(=O)c1nc(-c2cccc(N)c2)cnc1N)c1cc2cccc(Cl)c2c(=O)n1-c1ccccc1. The third kappa shape index (κ3) is 4.62. The third-order valence-electron chi connectivity index (χ3n) is 6.03. The van der Waals surface area contributed by atoms with Gasteiger partial charge in [-0.15, -0.1) is 0 Å². The summed E-state index contributed by atoms with van der Waals surface area (Å²) in [7, 11) is 0. The lowest BCUT2D eigenvalue weighted by molar-refractivity contribution is 0.0934. The molecule has 2 aromatic heterocycles. The smallest absolute Gasteiger partial charge is 0.274 e. The Labute approximate surface area is 217 Å². The number of rotatable bonds is 5. The predicted octanol–water partition coefficient (Wildman–Crippen LogP) is 4.76. The first kappa shape index (κ1) is 24.0. The molecule has 1 atom stereocenters. The lowest BCUT2D eigenvalue weighted by Crippen LogP contribution is -2.33. The summed E-state index contributed by atoms with van der Waals surface area (Å²) >= 11 is 6.39. The maximum absolute atomic E-state index is 13.6. The number of pyridine rings is 1. The fourth-order valence-corrected chi connectivity index (χ4v) is 4.51. The minimum absolute atomic E-state index is 0.0110. The Balaban J connectivity index is 1.56. The molecule has 1 amide bonds. The van der Waals surface area contributed by atoms with Crippen molar-refractivity contribution in [2.45, 2.75) is 13.0 Å². The van der Waals surface area contributed by atoms with Gasteiger partial charge in [0.15, 0.2) is 11.5 Å². The number of anilines is 2. The molecular formula is C28H23ClN6O2. The molecule has 0 saturated carbocycles. The lowest BCUT2D eigenvalue weighted by Gasteiger charge is -2.21. The highest BCUT2D eigenvalue weighted by Crippen LogP contribution is 2.26. The number of nitrogens with zero attached hydrogens (tertiary/aromatic N) is 3. The molecule has 0 aliphatic carbocycles. The summed E-state index contributed by atoms with van der Waals surface area (Å²) < 4.78 is 1.55. The van der Waals surface area contributed by atoms with Gasteiger partial charge in [0, 0.05) is 22.6 Å². The van der Waals surface area contributed by atoms with E-state index in [0.717, 1.165) is 0 Å². The van der Waals surface area contributed by atoms with Crippen LogP contribution in [0.3, 0.4) is 0 Å². The number of carbonyl (C=O) groups is 1. The van der Waals surface area contributed by atoms with E-state index in [-0.39, 0.29) is 17.1 Å². The van der Waals surface area contributed by atoms with Gasteiger partial charge in [0.05, 0.1) is 28.3 Å². The van der Waals surface area contributed by atoms with Crippen LogP contribution in [0.15, 0.2) is 89.9 Å². The van der Waals surface area contributed by atoms with E-state index < -0.39 is 11.9 Å². The molecule has 184 valence electrons. The molecule has 37 heavy (non-hydrogen) atoms. The Morgan fingerprint density at radius 3 is 2.51 bits per heavy atom. The van der Waals surface area contributed by atoms with E-state index in [9.17, 15) is 9.59 Å². The molecule has 0 radical (unpaired) electrons. The molecule has 3 aromatic carbocycles. The van der Waals surface area contributed by atoms with Crippen molar-refractivity contribution in [3.8, 4) is 16.9 Å². The summed E-state index contributed by atoms with van der Waals surface area (Å²) in [6.45, 7) is 1.79. The number of hydrogen-bond donors (Lipinski definition) is 3. The van der Waals surface area contributed by atoms with E-state index in [1.54, 1.807) is 41.8 Å². The number of aromatic nitrogens is 3. The Morgan fingerprint density at radius 2 is 1.76 bits per heavy atom. The number of benzene rings is 3. The Morgan fingerprint density at radius 1 is 1.00 bits per heavy atom. The van der Waals surface area contributed by atoms with Crippen LogP contribution in [0.4, 0.5) is 11.5 Å². The molecule has 0 aliphatic rings. The molecule has 2 heterocycles. The number of nitrogen functional groups attached to an aromatic ring is 2. The summed E-state index contributed by atoms with van der Waals surface area (Å²) in [4.78, 5) is 35.6. The highest BCUT2D eigenvalue weighted by Gasteiger charge is 2.22. The van der Waals surface area contributed by atoms with Crippen molar-refractivity contribution >= 4 is 39.8 Å². The minimum atomic E-state index is -0.596. The summed E-state index contributed by atoms with van der Waals surface area (Å²) in [5.74, 6) is -0.537. The standard InChI is InChI=1S/C28H23ClN6O2/c1-16(33-27(36)25-26(31)32-15-22(34-25)17-7-5-9-19(30)13-17)23-14-18-8-6-12-21(29)24(18)28(37)35(23)20-10-3-2-4-11-20/h2-16H,30H2,1H3,(H2,31,32)(H,33,36). The van der Waals surface area contributed by atoms with E-state index in [0.29, 0.717) is 44.1 Å². The molecule has 0 aliphatic heterocycles. The Kier molecular flexibility index (Phi) is 6.33. The van der Waals surface area contributed by atoms with E-state index in [1.165, 1.54) is 6.20 Å². The van der Waals surface area contributed by atoms with Crippen LogP contribution in [-0.4, -0.2) is 20.4 Å². The first-order chi connectivity index (χ1) is 17.8. The van der Waals surface area contributed by atoms with Gasteiger partial charge in [-0.1, -0.05) is 54.1 Å². The minimum Gasteiger partial charge on any atom is -0.399 e. The van der Waals surface area contributed by atoms with Crippen LogP contribution in [0.1, 0.15) is 29.1 Å². The maximum Gasteiger partial charge on any atom is 0.274 e. The molecule has 5 N–H and O–H groups in total. The average molecular weight is 511 g/mol. The monoisotopic (exact) mass is 510 g/mol. The molecule has 0 fully saturated rings. The van der Waals surface area contributed by atoms with Gasteiger partial charge in [-0.05, 0) is 48.7 Å². The first-order valence-corrected chi connectivity index (χ1v) is 11.9. The van der Waals surface area contributed by atoms with Gasteiger partial charge in [0.1, 0.15) is 0 Å². The van der Waals surface area contributed by atoms with Gasteiger partial charge in [-0.2, -0.15) is 0 Å². The molecule has 1 unspecified atom stereocenters. The Hall–Kier alpha value is -4.69. The number of amides is 1. The maximum atomic E-state index is 13.6. The summed E-state index contributed by atoms with van der Waals surface area (Å²) in [5.41, 5.74) is 14.5. The van der Waals surface area contributed by atoms with Crippen LogP contribution in [0, 0.1) is 0 Å². The topological polar surface area (TPSA) is 129 Å². The van der Waals surface area contributed by atoms with Crippen molar-refractivity contribution in [3.63, 3.8) is 0 Å². The fourth-order valence-electron chi connectivity index (χ4n) is 4.24. The fraction of sp³-hybridized carbons (Fsp3) is 0.0714. The molecule has 0 bridgehead atoms. The quantitative estimate of drug-likeness (QED) is 0.292. The van der Waals surface area contributed by atoms with Gasteiger partial charge in [-0.3, -0.25) is 14.2 Å². The van der Waals surface area contributed by atoms with E-state index in [4.69, 9.17) is 23.1 Å². The van der Waals surface area contributed by atoms with Crippen LogP contribution in [0.2, 0.25) is 5.02 Å². The summed E-state index contributed by atoms with van der Waals surface area (Å²) in [5, 5.41) is 4.35. The van der Waals surface area contributed by atoms with Gasteiger partial charge < -0.3 is 16.8 Å². The van der Waals surface area contributed by atoms with Crippen molar-refractivity contribution in [2.24, 2.45) is 0 Å². The van der Waals surface area contributed by atoms with Crippen LogP contribution < -0.4 is 22.3 Å². The number of nitrogens with two attached hydrogens (primary N) is 2. The molecule has 0 spiro atoms. The zero-order chi connectivity index (χ0) is 26.1. The second-order valence-electron chi connectivity index (χ2n) is 8.56. The average Bonchev–Trinajstić information content (AvgIpc) is 2.89. The molecule has 8 nitrogen and oxygen atoms in total. The van der Waals surface area contributed by atoms with E-state index >= 15 is 0 Å². The van der Waals surface area contributed by atoms with Gasteiger partial charge in [0.2, 0.25) is 0 Å². The van der Waals surface area contributed by atoms with Crippen molar-refractivity contribution in [1.82, 2.24) is 19.9 Å². The van der Waals surface area contributed by atoms with Crippen molar-refractivity contribution in [1.29, 1.82) is 0 Å². The number of para-hydroxylation sites is 1. The molecule has 0 saturated heterocycles. The normalized spacial score (nSPS) is 11.8. The van der Waals surface area contributed by atoms with E-state index in [2.05, 4.69) is 15.3 Å². The molecule has 5 aromatic rings. The largest absolute Gasteiger partial charge is 0.399 e. The van der Waals surface area contributed by atoms with Gasteiger partial charge in [-0.25, -0.2) is 9.97 Å². The second kappa shape index (κ2) is 9.75. The molecule has 5 rings (SSSR count). The number of carbonyl (C=O) groups excluding carboxylic acids is 1. The van der Waals surface area contributed by atoms with E-state index in [1.807, 2.05) is 48.5 Å². The van der Waals surface area contributed by atoms with Crippen LogP contribution in [-0.2, 0) is 0 Å². The highest BCUT2D eigenvalue weighted by atomic mass is 35.5. The predicted molar refractivity (Wildman–Crippen MR) is 147 cm³/mol. The van der Waals surface area contributed by atoms with Gasteiger partial charge in [0.25, 0.3) is 11.5 Å². The number of nitrogens with one attached hydrogen (secondary N) is 1. The van der Waals surface area contributed by atoms with Crippen LogP contribution in [0.25, 0.3) is 27.7 Å². The van der Waals surface area contributed by atoms with Crippen LogP contribution >= 0.6 is 11.6 Å². The molecule has 9 heteroatoms. The Bertz CT molecular complexity index is 1700. The first-order valence-electron chi connectivity index (χ1n) is 11.5. The van der Waals surface area contributed by atoms with Crippen molar-refractivity contribution < 1.29 is 4.79 Å². The summed E-state index contributed by atoms with van der Waals surface area (Å²) in [6, 6.07) is 22.8. The second-order valence-corrected chi connectivity index (χ2v) is 8.97. The van der Waals surface area contributed by atoms with Gasteiger partial charge >= 0.3 is 0 Å². The van der Waals surface area contributed by atoms with Crippen LogP contribution in [0.5, 0.6) is 0 Å². The number of fused-ring (bicyclic) bond motifs is 1. The highest BCUT2D eigenvalue weighted by molar-refractivity contribution is 6.35. The lowest BCUT2D eigenvalue weighted by atomic mass is 10.1. The number of hydrogen-bond acceptors (Lipinski definition) is 6. The summed E-state index contributed by atoms with van der Waals surface area (Å²) in [6.07, 6.45) is 1.49. The number of halogens is 1. The zero-order valence-electron chi connectivity index (χ0n) is 19.9. The van der Waals surface area contributed by atoms with Crippen molar-refractivity contribution in [3.05, 3.63) is 112 Å². The van der Waals surface area contributed by atoms with Crippen molar-refractivity contribution in [2.75, 3.05) is 11.5 Å².